The monoisotopic (exact) mass is 291 g/mol. The summed E-state index contributed by atoms with van der Waals surface area (Å²) in [6.45, 7) is 2.79. The minimum atomic E-state index is -0.376. The Morgan fingerprint density at radius 3 is 2.60 bits per heavy atom. The largest absolute Gasteiger partial charge is 0.326 e. The quantitative estimate of drug-likeness (QED) is 0.845. The molecule has 0 spiro atoms. The van der Waals surface area contributed by atoms with Gasteiger partial charge >= 0.3 is 0 Å². The average molecular weight is 291 g/mol. The van der Waals surface area contributed by atoms with E-state index in [9.17, 15) is 14.4 Å². The van der Waals surface area contributed by atoms with Crippen LogP contribution >= 0.6 is 11.3 Å². The second kappa shape index (κ2) is 5.79. The zero-order chi connectivity index (χ0) is 14.7. The molecule has 0 unspecified atom stereocenters. The van der Waals surface area contributed by atoms with Crippen LogP contribution in [0, 0.1) is 0 Å². The van der Waals surface area contributed by atoms with Crippen molar-refractivity contribution in [1.82, 2.24) is 4.98 Å². The van der Waals surface area contributed by atoms with Gasteiger partial charge in [0.25, 0.3) is 0 Å². The van der Waals surface area contributed by atoms with Crippen LogP contribution in [0.1, 0.15) is 20.3 Å². The molecule has 2 N–H and O–H groups in total. The number of nitrogens with zero attached hydrogens (tertiary/aromatic N) is 1. The summed E-state index contributed by atoms with van der Waals surface area (Å²) in [7, 11) is 0. The summed E-state index contributed by atoms with van der Waals surface area (Å²) in [5.41, 5.74) is 1.33. The highest BCUT2D eigenvalue weighted by atomic mass is 32.1. The number of nitrogens with one attached hydrogen (secondary N) is 2. The number of ketones is 1. The predicted octanol–water partition coefficient (Wildman–Crippen LogP) is 2.17. The number of benzene rings is 1. The van der Waals surface area contributed by atoms with Crippen molar-refractivity contribution in [2.75, 3.05) is 10.6 Å². The lowest BCUT2D eigenvalue weighted by molar-refractivity contribution is -0.124. The number of hydrogen-bond acceptors (Lipinski definition) is 5. The third-order valence-electron chi connectivity index (χ3n) is 2.36. The van der Waals surface area contributed by atoms with E-state index in [2.05, 4.69) is 15.6 Å². The van der Waals surface area contributed by atoms with Crippen molar-refractivity contribution >= 4 is 50.0 Å². The summed E-state index contributed by atoms with van der Waals surface area (Å²) in [4.78, 5) is 37.6. The van der Waals surface area contributed by atoms with Gasteiger partial charge in [0.05, 0.1) is 16.6 Å². The van der Waals surface area contributed by atoms with Crippen LogP contribution in [-0.4, -0.2) is 22.6 Å². The van der Waals surface area contributed by atoms with E-state index in [-0.39, 0.29) is 24.0 Å². The molecule has 0 aliphatic heterocycles. The Morgan fingerprint density at radius 2 is 1.95 bits per heavy atom. The first kappa shape index (κ1) is 14.1. The molecule has 1 aromatic carbocycles. The summed E-state index contributed by atoms with van der Waals surface area (Å²) in [5.74, 6) is -0.732. The van der Waals surface area contributed by atoms with E-state index in [1.54, 1.807) is 12.1 Å². The Bertz CT molecular complexity index is 693. The Hall–Kier alpha value is -2.28. The molecule has 0 bridgehead atoms. The van der Waals surface area contributed by atoms with E-state index in [1.807, 2.05) is 6.07 Å². The minimum absolute atomic E-state index is 0.158. The molecule has 0 saturated carbocycles. The summed E-state index contributed by atoms with van der Waals surface area (Å²) in [6.07, 6.45) is -0.160. The maximum absolute atomic E-state index is 11.5. The number of rotatable bonds is 4. The van der Waals surface area contributed by atoms with Crippen molar-refractivity contribution in [1.29, 1.82) is 0 Å². The van der Waals surface area contributed by atoms with Gasteiger partial charge < -0.3 is 10.6 Å². The number of amides is 2. The molecule has 7 heteroatoms. The van der Waals surface area contributed by atoms with Gasteiger partial charge in [0.1, 0.15) is 5.78 Å². The van der Waals surface area contributed by atoms with Crippen molar-refractivity contribution in [3.63, 3.8) is 0 Å². The number of fused-ring (bicyclic) bond motifs is 1. The first-order valence-corrected chi connectivity index (χ1v) is 6.73. The lowest BCUT2D eigenvalue weighted by Gasteiger charge is -1.99. The molecular formula is C13H13N3O3S. The van der Waals surface area contributed by atoms with Crippen LogP contribution in [0.25, 0.3) is 10.2 Å². The number of aromatic nitrogens is 1. The topological polar surface area (TPSA) is 88.2 Å². The van der Waals surface area contributed by atoms with Crippen LogP contribution < -0.4 is 10.6 Å². The van der Waals surface area contributed by atoms with E-state index in [1.165, 1.54) is 25.2 Å². The predicted molar refractivity (Wildman–Crippen MR) is 77.9 cm³/mol. The maximum Gasteiger partial charge on any atom is 0.233 e. The first-order chi connectivity index (χ1) is 9.44. The van der Waals surface area contributed by atoms with Gasteiger partial charge in [-0.1, -0.05) is 11.3 Å². The summed E-state index contributed by atoms with van der Waals surface area (Å²) in [6, 6.07) is 5.32. The van der Waals surface area contributed by atoms with Gasteiger partial charge in [-0.3, -0.25) is 14.4 Å². The Kier molecular flexibility index (Phi) is 4.09. The fourth-order valence-corrected chi connectivity index (χ4v) is 2.51. The first-order valence-electron chi connectivity index (χ1n) is 5.91. The van der Waals surface area contributed by atoms with E-state index in [0.29, 0.717) is 16.3 Å². The highest BCUT2D eigenvalue weighted by Crippen LogP contribution is 2.28. The molecule has 2 rings (SSSR count). The second-order valence-corrected chi connectivity index (χ2v) is 5.34. The number of carbonyl (C=O) groups excluding carboxylic acids is 3. The molecule has 20 heavy (non-hydrogen) atoms. The Balaban J connectivity index is 2.18. The molecule has 0 fully saturated rings. The van der Waals surface area contributed by atoms with Crippen LogP contribution in [0.3, 0.4) is 0 Å². The summed E-state index contributed by atoms with van der Waals surface area (Å²) >= 11 is 1.31. The molecule has 2 amide bonds. The zero-order valence-corrected chi connectivity index (χ0v) is 11.8. The third-order valence-corrected chi connectivity index (χ3v) is 3.32. The van der Waals surface area contributed by atoms with Crippen LogP contribution in [0.5, 0.6) is 0 Å². The van der Waals surface area contributed by atoms with E-state index >= 15 is 0 Å². The Morgan fingerprint density at radius 1 is 1.20 bits per heavy atom. The number of thiazole rings is 1. The molecule has 1 aromatic heterocycles. The number of hydrogen-bond donors (Lipinski definition) is 2. The van der Waals surface area contributed by atoms with Crippen molar-refractivity contribution in [3.05, 3.63) is 18.2 Å². The van der Waals surface area contributed by atoms with Gasteiger partial charge in [-0.2, -0.15) is 0 Å². The third kappa shape index (κ3) is 3.61. The minimum Gasteiger partial charge on any atom is -0.326 e. The van der Waals surface area contributed by atoms with Gasteiger partial charge in [0.15, 0.2) is 5.13 Å². The van der Waals surface area contributed by atoms with Crippen molar-refractivity contribution in [3.8, 4) is 0 Å². The number of Topliss-reactive ketones (excluding diaryl/α,β-unsaturated/α-hetero) is 1. The molecule has 0 aliphatic rings. The van der Waals surface area contributed by atoms with Crippen LogP contribution in [0.2, 0.25) is 0 Å². The Labute approximate surface area is 119 Å². The second-order valence-electron chi connectivity index (χ2n) is 4.31. The summed E-state index contributed by atoms with van der Waals surface area (Å²) < 4.78 is 0.886. The number of carbonyl (C=O) groups is 3. The normalized spacial score (nSPS) is 10.3. The van der Waals surface area contributed by atoms with Crippen LogP contribution in [-0.2, 0) is 14.4 Å². The van der Waals surface area contributed by atoms with Gasteiger partial charge in [0.2, 0.25) is 11.8 Å². The molecule has 104 valence electrons. The molecule has 0 radical (unpaired) electrons. The highest BCUT2D eigenvalue weighted by molar-refractivity contribution is 7.22. The molecule has 2 aromatic rings. The lowest BCUT2D eigenvalue weighted by Crippen LogP contribution is -2.14. The van der Waals surface area contributed by atoms with Crippen LogP contribution in [0.4, 0.5) is 10.8 Å². The van der Waals surface area contributed by atoms with Gasteiger partial charge in [-0.25, -0.2) is 4.98 Å². The SMILES string of the molecule is CC(=O)CC(=O)Nc1nc2cc(NC(C)=O)ccc2s1. The van der Waals surface area contributed by atoms with Crippen molar-refractivity contribution in [2.24, 2.45) is 0 Å². The van der Waals surface area contributed by atoms with Gasteiger partial charge in [-0.05, 0) is 25.1 Å². The van der Waals surface area contributed by atoms with Gasteiger partial charge in [0, 0.05) is 12.6 Å². The van der Waals surface area contributed by atoms with E-state index < -0.39 is 0 Å². The molecule has 0 saturated heterocycles. The fraction of sp³-hybridized carbons (Fsp3) is 0.231. The molecule has 0 aliphatic carbocycles. The van der Waals surface area contributed by atoms with Crippen molar-refractivity contribution < 1.29 is 14.4 Å². The molecule has 1 heterocycles. The molecule has 6 nitrogen and oxygen atoms in total. The van der Waals surface area contributed by atoms with Crippen LogP contribution in [0.15, 0.2) is 18.2 Å². The standard InChI is InChI=1S/C13H13N3O3S/c1-7(17)5-12(19)16-13-15-10-6-9(14-8(2)18)3-4-11(10)20-13/h3-4,6H,5H2,1-2H3,(H,14,18)(H,15,16,19). The lowest BCUT2D eigenvalue weighted by atomic mass is 10.3. The molecule has 0 atom stereocenters. The maximum atomic E-state index is 11.5. The van der Waals surface area contributed by atoms with E-state index in [0.717, 1.165) is 4.70 Å². The van der Waals surface area contributed by atoms with Gasteiger partial charge in [-0.15, -0.1) is 0 Å². The smallest absolute Gasteiger partial charge is 0.233 e. The zero-order valence-electron chi connectivity index (χ0n) is 11.0. The van der Waals surface area contributed by atoms with E-state index in [4.69, 9.17) is 0 Å². The van der Waals surface area contributed by atoms with Crippen molar-refractivity contribution in [2.45, 2.75) is 20.3 Å². The fourth-order valence-electron chi connectivity index (χ4n) is 1.65. The number of anilines is 2. The average Bonchev–Trinajstić information content (AvgIpc) is 2.67. The highest BCUT2D eigenvalue weighted by Gasteiger charge is 2.10. The summed E-state index contributed by atoms with van der Waals surface area (Å²) in [5, 5.41) is 5.69. The molecular weight excluding hydrogens is 278 g/mol.